The van der Waals surface area contributed by atoms with Crippen LogP contribution in [0.2, 0.25) is 0 Å². The number of anilines is 2. The maximum atomic E-state index is 12.2. The third-order valence-electron chi connectivity index (χ3n) is 4.49. The number of ether oxygens (including phenoxy) is 1. The molecule has 2 aromatic rings. The summed E-state index contributed by atoms with van der Waals surface area (Å²) in [6.45, 7) is 2.91. The van der Waals surface area contributed by atoms with Crippen LogP contribution in [0, 0.1) is 12.8 Å². The van der Waals surface area contributed by atoms with Gasteiger partial charge in [0.05, 0.1) is 6.61 Å². The lowest BCUT2D eigenvalue weighted by Crippen LogP contribution is -2.28. The van der Waals surface area contributed by atoms with Crippen LogP contribution in [-0.2, 0) is 22.7 Å². The number of rotatable bonds is 7. The van der Waals surface area contributed by atoms with Crippen LogP contribution in [0.15, 0.2) is 42.5 Å². The van der Waals surface area contributed by atoms with E-state index in [0.717, 1.165) is 29.5 Å². The third kappa shape index (κ3) is 5.56. The molecular weight excluding hydrogens is 342 g/mol. The normalized spacial score (nSPS) is 13.1. The van der Waals surface area contributed by atoms with E-state index in [-0.39, 0.29) is 17.9 Å². The first-order chi connectivity index (χ1) is 13.0. The van der Waals surface area contributed by atoms with Gasteiger partial charge in [-0.3, -0.25) is 4.79 Å². The van der Waals surface area contributed by atoms with Crippen molar-refractivity contribution in [1.82, 2.24) is 5.32 Å². The molecule has 0 bridgehead atoms. The molecular formula is C21H25N3O3. The van der Waals surface area contributed by atoms with Crippen molar-refractivity contribution in [2.24, 2.45) is 5.92 Å². The van der Waals surface area contributed by atoms with Crippen LogP contribution in [0.4, 0.5) is 16.2 Å². The van der Waals surface area contributed by atoms with Crippen molar-refractivity contribution in [3.8, 4) is 0 Å². The molecule has 0 aromatic heterocycles. The van der Waals surface area contributed by atoms with E-state index in [1.807, 2.05) is 43.3 Å². The fourth-order valence-electron chi connectivity index (χ4n) is 2.69. The summed E-state index contributed by atoms with van der Waals surface area (Å²) in [6, 6.07) is 13.1. The molecule has 1 aliphatic carbocycles. The molecule has 142 valence electrons. The fourth-order valence-corrected chi connectivity index (χ4v) is 2.69. The summed E-state index contributed by atoms with van der Waals surface area (Å²) in [4.78, 5) is 24.1. The summed E-state index contributed by atoms with van der Waals surface area (Å²) in [6.07, 6.45) is 1.91. The third-order valence-corrected chi connectivity index (χ3v) is 4.49. The van der Waals surface area contributed by atoms with Gasteiger partial charge in [0, 0.05) is 30.9 Å². The van der Waals surface area contributed by atoms with Crippen LogP contribution < -0.4 is 16.0 Å². The molecule has 3 N–H and O–H groups in total. The summed E-state index contributed by atoms with van der Waals surface area (Å²) < 4.78 is 5.09. The maximum Gasteiger partial charge on any atom is 0.319 e. The first-order valence-corrected chi connectivity index (χ1v) is 9.08. The molecule has 0 atom stereocenters. The van der Waals surface area contributed by atoms with Crippen molar-refractivity contribution >= 4 is 23.3 Å². The molecule has 27 heavy (non-hydrogen) atoms. The van der Waals surface area contributed by atoms with Gasteiger partial charge in [-0.25, -0.2) is 4.79 Å². The van der Waals surface area contributed by atoms with Gasteiger partial charge in [-0.2, -0.15) is 0 Å². The van der Waals surface area contributed by atoms with Gasteiger partial charge in [-0.15, -0.1) is 0 Å². The molecule has 1 aliphatic rings. The average Bonchev–Trinajstić information content (AvgIpc) is 3.49. The van der Waals surface area contributed by atoms with E-state index in [9.17, 15) is 9.59 Å². The largest absolute Gasteiger partial charge is 0.380 e. The molecule has 1 fully saturated rings. The van der Waals surface area contributed by atoms with E-state index >= 15 is 0 Å². The highest BCUT2D eigenvalue weighted by Gasteiger charge is 2.29. The number of carbonyl (C=O) groups is 2. The molecule has 6 heteroatoms. The van der Waals surface area contributed by atoms with Crippen molar-refractivity contribution in [1.29, 1.82) is 0 Å². The minimum Gasteiger partial charge on any atom is -0.380 e. The molecule has 3 rings (SSSR count). The van der Waals surface area contributed by atoms with Crippen molar-refractivity contribution in [2.45, 2.75) is 32.9 Å². The quantitative estimate of drug-likeness (QED) is 0.696. The Kier molecular flexibility index (Phi) is 6.08. The highest BCUT2D eigenvalue weighted by atomic mass is 16.5. The van der Waals surface area contributed by atoms with Crippen LogP contribution in [-0.4, -0.2) is 19.0 Å². The Morgan fingerprint density at radius 3 is 2.41 bits per heavy atom. The van der Waals surface area contributed by atoms with Gasteiger partial charge in [-0.05, 0) is 48.6 Å². The predicted octanol–water partition coefficient (Wildman–Crippen LogP) is 3.81. The van der Waals surface area contributed by atoms with E-state index in [1.165, 1.54) is 0 Å². The Hall–Kier alpha value is -2.86. The Labute approximate surface area is 159 Å². The molecule has 1 saturated carbocycles. The summed E-state index contributed by atoms with van der Waals surface area (Å²) in [7, 11) is 1.66. The van der Waals surface area contributed by atoms with Crippen LogP contribution >= 0.6 is 0 Å². The van der Waals surface area contributed by atoms with Crippen LogP contribution in [0.25, 0.3) is 0 Å². The monoisotopic (exact) mass is 367 g/mol. The Morgan fingerprint density at radius 1 is 1.04 bits per heavy atom. The first-order valence-electron chi connectivity index (χ1n) is 9.08. The van der Waals surface area contributed by atoms with Crippen LogP contribution in [0.1, 0.15) is 29.5 Å². The zero-order valence-corrected chi connectivity index (χ0v) is 15.7. The first kappa shape index (κ1) is 18.9. The Morgan fingerprint density at radius 2 is 1.74 bits per heavy atom. The lowest BCUT2D eigenvalue weighted by molar-refractivity contribution is -0.117. The van der Waals surface area contributed by atoms with Gasteiger partial charge in [0.25, 0.3) is 0 Å². The molecule has 2 aromatic carbocycles. The topological polar surface area (TPSA) is 79.5 Å². The summed E-state index contributed by atoms with van der Waals surface area (Å²) >= 11 is 0. The lowest BCUT2D eigenvalue weighted by atomic mass is 10.1. The molecule has 0 heterocycles. The van der Waals surface area contributed by atoms with Crippen molar-refractivity contribution in [2.75, 3.05) is 17.7 Å². The Balaban J connectivity index is 1.54. The van der Waals surface area contributed by atoms with Crippen LogP contribution in [0.3, 0.4) is 0 Å². The zero-order valence-electron chi connectivity index (χ0n) is 15.7. The minimum absolute atomic E-state index is 0.0474. The Bertz CT molecular complexity index is 814. The SMILES string of the molecule is COCc1ccc(CNC(=O)Nc2cc(NC(=O)C3CC3)ccc2C)cc1. The number of aryl methyl sites for hydroxylation is 1. The number of benzene rings is 2. The number of methoxy groups -OCH3 is 1. The molecule has 0 radical (unpaired) electrons. The number of amides is 3. The van der Waals surface area contributed by atoms with Crippen LogP contribution in [0.5, 0.6) is 0 Å². The molecule has 3 amide bonds. The predicted molar refractivity (Wildman–Crippen MR) is 106 cm³/mol. The standard InChI is InChI=1S/C21H25N3O3/c1-14-3-10-18(23-20(25)17-8-9-17)11-19(14)24-21(26)22-12-15-4-6-16(7-5-15)13-27-2/h3-7,10-11,17H,8-9,12-13H2,1-2H3,(H,23,25)(H2,22,24,26). The van der Waals surface area contributed by atoms with E-state index < -0.39 is 0 Å². The number of carbonyl (C=O) groups excluding carboxylic acids is 2. The second kappa shape index (κ2) is 8.68. The van der Waals surface area contributed by atoms with Crippen molar-refractivity contribution in [3.63, 3.8) is 0 Å². The zero-order chi connectivity index (χ0) is 19.2. The van der Waals surface area contributed by atoms with Gasteiger partial charge in [0.2, 0.25) is 5.91 Å². The van der Waals surface area contributed by atoms with Crippen molar-refractivity contribution < 1.29 is 14.3 Å². The van der Waals surface area contributed by atoms with E-state index in [1.54, 1.807) is 13.2 Å². The van der Waals surface area contributed by atoms with Crippen molar-refractivity contribution in [3.05, 3.63) is 59.2 Å². The maximum absolute atomic E-state index is 12.2. The second-order valence-electron chi connectivity index (χ2n) is 6.85. The van der Waals surface area contributed by atoms with Gasteiger partial charge in [0.15, 0.2) is 0 Å². The summed E-state index contributed by atoms with van der Waals surface area (Å²) in [5.74, 6) is 0.187. The molecule has 0 unspecified atom stereocenters. The molecule has 6 nitrogen and oxygen atoms in total. The summed E-state index contributed by atoms with van der Waals surface area (Å²) in [5.41, 5.74) is 4.40. The molecule has 0 saturated heterocycles. The van der Waals surface area contributed by atoms with E-state index in [4.69, 9.17) is 4.74 Å². The second-order valence-corrected chi connectivity index (χ2v) is 6.85. The lowest BCUT2D eigenvalue weighted by Gasteiger charge is -2.12. The van der Waals surface area contributed by atoms with Gasteiger partial charge in [0.1, 0.15) is 0 Å². The van der Waals surface area contributed by atoms with Gasteiger partial charge in [-0.1, -0.05) is 30.3 Å². The highest BCUT2D eigenvalue weighted by Crippen LogP contribution is 2.30. The van der Waals surface area contributed by atoms with Gasteiger partial charge >= 0.3 is 6.03 Å². The summed E-state index contributed by atoms with van der Waals surface area (Å²) in [5, 5.41) is 8.59. The number of urea groups is 1. The highest BCUT2D eigenvalue weighted by molar-refractivity contribution is 5.96. The molecule has 0 aliphatic heterocycles. The number of hydrogen-bond donors (Lipinski definition) is 3. The smallest absolute Gasteiger partial charge is 0.319 e. The fraction of sp³-hybridized carbons (Fsp3) is 0.333. The number of hydrogen-bond acceptors (Lipinski definition) is 3. The average molecular weight is 367 g/mol. The minimum atomic E-state index is -0.287. The van der Waals surface area contributed by atoms with E-state index in [2.05, 4.69) is 16.0 Å². The van der Waals surface area contributed by atoms with Gasteiger partial charge < -0.3 is 20.7 Å². The number of nitrogens with one attached hydrogen (secondary N) is 3. The van der Waals surface area contributed by atoms with E-state index in [0.29, 0.717) is 24.5 Å². The molecule has 0 spiro atoms.